The molecule has 0 aromatic rings. The summed E-state index contributed by atoms with van der Waals surface area (Å²) in [5.74, 6) is -0.0327. The van der Waals surface area contributed by atoms with Crippen LogP contribution in [0.2, 0.25) is 0 Å². The van der Waals surface area contributed by atoms with Crippen molar-refractivity contribution in [3.05, 3.63) is 0 Å². The first-order valence-electron chi connectivity index (χ1n) is 10.4. The largest absolute Gasteiger partial charge is 2.00 e. The molecule has 0 heterocycles. The zero-order chi connectivity index (χ0) is 17.2. The first-order valence-corrected chi connectivity index (χ1v) is 10.4. The molecule has 0 amide bonds. The van der Waals surface area contributed by atoms with Gasteiger partial charge in [-0.2, -0.15) is 0 Å². The Labute approximate surface area is 171 Å². The molecule has 0 bridgehead atoms. The van der Waals surface area contributed by atoms with E-state index < -0.39 is 0 Å². The predicted octanol–water partition coefficient (Wildman–Crippen LogP) is 7.04. The van der Waals surface area contributed by atoms with Crippen LogP contribution in [0.1, 0.15) is 126 Å². The van der Waals surface area contributed by atoms with E-state index in [1.165, 1.54) is 89.9 Å². The second kappa shape index (κ2) is 21.3. The number of hydrogen-bond donors (Lipinski definition) is 0. The molecule has 0 N–H and O–H groups in total. The van der Waals surface area contributed by atoms with E-state index >= 15 is 0 Å². The molecule has 3 heteroatoms. The van der Waals surface area contributed by atoms with Gasteiger partial charge < -0.3 is 7.59 Å². The van der Waals surface area contributed by atoms with Crippen molar-refractivity contribution in [2.45, 2.75) is 130 Å². The summed E-state index contributed by atoms with van der Waals surface area (Å²) >= 11 is 0. The number of unbranched alkanes of at least 4 members (excludes halogenated alkanes) is 14. The molecule has 0 rings (SSSR count). The van der Waals surface area contributed by atoms with Crippen molar-refractivity contribution in [1.82, 2.24) is 0 Å². The molecular formula is C21H44MgO2. The van der Waals surface area contributed by atoms with Gasteiger partial charge in [0.15, 0.2) is 0 Å². The quantitative estimate of drug-likeness (QED) is 0.159. The van der Waals surface area contributed by atoms with Crippen molar-refractivity contribution in [3.8, 4) is 0 Å². The Bertz CT molecular complexity index is 264. The molecule has 0 aliphatic heterocycles. The molecule has 0 spiro atoms. The molecule has 0 saturated carbocycles. The van der Waals surface area contributed by atoms with E-state index in [4.69, 9.17) is 4.74 Å². The third-order valence-corrected chi connectivity index (χ3v) is 4.35. The number of carbonyl (C=O) groups excluding carboxylic acids is 1. The fourth-order valence-electron chi connectivity index (χ4n) is 2.96. The summed E-state index contributed by atoms with van der Waals surface area (Å²) in [4.78, 5) is 11.4. The van der Waals surface area contributed by atoms with Crippen LogP contribution >= 0.6 is 0 Å². The second-order valence-electron chi connectivity index (χ2n) is 7.24. The molecule has 0 unspecified atom stereocenters. The normalized spacial score (nSPS) is 10.7. The van der Waals surface area contributed by atoms with Crippen LogP contribution in [0.5, 0.6) is 0 Å². The van der Waals surface area contributed by atoms with Gasteiger partial charge in [-0.25, -0.2) is 0 Å². The number of hydrogen-bond acceptors (Lipinski definition) is 2. The van der Waals surface area contributed by atoms with Crippen LogP contribution < -0.4 is 0 Å². The van der Waals surface area contributed by atoms with Crippen LogP contribution in [-0.2, 0) is 9.53 Å². The van der Waals surface area contributed by atoms with Crippen molar-refractivity contribution < 1.29 is 12.4 Å². The van der Waals surface area contributed by atoms with Gasteiger partial charge in [0.25, 0.3) is 0 Å². The summed E-state index contributed by atoms with van der Waals surface area (Å²) in [5, 5.41) is 0. The SMILES string of the molecule is CCCCCCCCCCCCCCCCCC(=O)OC(C)C.[H-].[H-].[Mg+2]. The number of rotatable bonds is 17. The van der Waals surface area contributed by atoms with Gasteiger partial charge in [-0.3, -0.25) is 4.79 Å². The van der Waals surface area contributed by atoms with Crippen LogP contribution in [0, 0.1) is 0 Å². The van der Waals surface area contributed by atoms with Crippen molar-refractivity contribution in [2.24, 2.45) is 0 Å². The molecule has 142 valence electrons. The third kappa shape index (κ3) is 22.2. The topological polar surface area (TPSA) is 26.3 Å². The Morgan fingerprint density at radius 2 is 1.04 bits per heavy atom. The molecule has 0 aliphatic rings. The Hall–Kier alpha value is 0.236. The van der Waals surface area contributed by atoms with Gasteiger partial charge in [0.05, 0.1) is 6.10 Å². The Morgan fingerprint density at radius 3 is 1.38 bits per heavy atom. The summed E-state index contributed by atoms with van der Waals surface area (Å²) in [6.07, 6.45) is 20.9. The van der Waals surface area contributed by atoms with Crippen molar-refractivity contribution in [2.75, 3.05) is 0 Å². The molecule has 0 aromatic heterocycles. The Morgan fingerprint density at radius 1 is 0.708 bits per heavy atom. The summed E-state index contributed by atoms with van der Waals surface area (Å²) in [5.41, 5.74) is 0. The minimum atomic E-state index is -0.0327. The molecule has 0 aliphatic carbocycles. The Kier molecular flexibility index (Phi) is 23.5. The Balaban J connectivity index is -0.000000807. The van der Waals surface area contributed by atoms with E-state index in [1.807, 2.05) is 13.8 Å². The van der Waals surface area contributed by atoms with E-state index in [2.05, 4.69) is 6.92 Å². The van der Waals surface area contributed by atoms with E-state index in [0.29, 0.717) is 6.42 Å². The number of ether oxygens (including phenoxy) is 1. The molecule has 0 radical (unpaired) electrons. The van der Waals surface area contributed by atoms with Crippen LogP contribution in [-0.4, -0.2) is 35.1 Å². The van der Waals surface area contributed by atoms with Gasteiger partial charge in [-0.1, -0.05) is 96.8 Å². The van der Waals surface area contributed by atoms with Gasteiger partial charge >= 0.3 is 29.0 Å². The zero-order valence-corrected chi connectivity index (χ0v) is 18.3. The fourth-order valence-corrected chi connectivity index (χ4v) is 2.96. The van der Waals surface area contributed by atoms with E-state index in [9.17, 15) is 4.79 Å². The molecule has 2 nitrogen and oxygen atoms in total. The van der Waals surface area contributed by atoms with Crippen LogP contribution in [0.25, 0.3) is 0 Å². The van der Waals surface area contributed by atoms with Gasteiger partial charge in [-0.15, -0.1) is 0 Å². The summed E-state index contributed by atoms with van der Waals surface area (Å²) in [6, 6.07) is 0. The maximum atomic E-state index is 11.4. The van der Waals surface area contributed by atoms with Gasteiger partial charge in [0.1, 0.15) is 0 Å². The molecule has 24 heavy (non-hydrogen) atoms. The first-order chi connectivity index (χ1) is 11.2. The van der Waals surface area contributed by atoms with Crippen molar-refractivity contribution in [1.29, 1.82) is 0 Å². The summed E-state index contributed by atoms with van der Waals surface area (Å²) < 4.78 is 5.13. The van der Waals surface area contributed by atoms with Crippen LogP contribution in [0.15, 0.2) is 0 Å². The number of carbonyl (C=O) groups is 1. The minimum Gasteiger partial charge on any atom is -1.00 e. The molecule has 0 fully saturated rings. The average molecular weight is 353 g/mol. The monoisotopic (exact) mass is 352 g/mol. The van der Waals surface area contributed by atoms with Crippen LogP contribution in [0.3, 0.4) is 0 Å². The van der Waals surface area contributed by atoms with Crippen molar-refractivity contribution >= 4 is 29.0 Å². The van der Waals surface area contributed by atoms with E-state index in [0.717, 1.165) is 6.42 Å². The molecular weight excluding hydrogens is 309 g/mol. The molecule has 0 atom stereocenters. The van der Waals surface area contributed by atoms with Crippen molar-refractivity contribution in [3.63, 3.8) is 0 Å². The third-order valence-electron chi connectivity index (χ3n) is 4.35. The summed E-state index contributed by atoms with van der Waals surface area (Å²) in [6.45, 7) is 6.09. The second-order valence-corrected chi connectivity index (χ2v) is 7.24. The molecule has 0 aromatic carbocycles. The number of esters is 1. The first kappa shape index (κ1) is 26.5. The van der Waals surface area contributed by atoms with E-state index in [-0.39, 0.29) is 38.0 Å². The van der Waals surface area contributed by atoms with Gasteiger partial charge in [-0.05, 0) is 20.3 Å². The fraction of sp³-hybridized carbons (Fsp3) is 0.952. The standard InChI is InChI=1S/C21H42O2.Mg.2H/c1-4-5-6-7-8-9-10-11-12-13-14-15-16-17-18-19-21(22)23-20(2)3;;;/h20H,4-19H2,1-3H3;;;/q;+2;2*-1. The summed E-state index contributed by atoms with van der Waals surface area (Å²) in [7, 11) is 0. The van der Waals surface area contributed by atoms with E-state index in [1.54, 1.807) is 0 Å². The zero-order valence-electron chi connectivity index (χ0n) is 18.9. The maximum absolute atomic E-state index is 11.4. The van der Waals surface area contributed by atoms with Crippen LogP contribution in [0.4, 0.5) is 0 Å². The predicted molar refractivity (Wildman–Crippen MR) is 109 cm³/mol. The molecule has 0 saturated heterocycles. The minimum absolute atomic E-state index is 0. The van der Waals surface area contributed by atoms with Gasteiger partial charge in [0.2, 0.25) is 0 Å². The smallest absolute Gasteiger partial charge is 1.00 e. The maximum Gasteiger partial charge on any atom is 2.00 e. The average Bonchev–Trinajstić information content (AvgIpc) is 2.50. The van der Waals surface area contributed by atoms with Gasteiger partial charge in [0, 0.05) is 6.42 Å².